The molecule has 2 rings (SSSR count). The van der Waals surface area contributed by atoms with Gasteiger partial charge in [-0.05, 0) is 18.2 Å². The van der Waals surface area contributed by atoms with Crippen molar-refractivity contribution in [2.24, 2.45) is 0 Å². The maximum absolute atomic E-state index is 12.8. The van der Waals surface area contributed by atoms with Crippen LogP contribution in [-0.2, 0) is 12.4 Å². The number of nitrogens with zero attached hydrogens (tertiary/aromatic N) is 4. The maximum Gasteiger partial charge on any atom is 0.416 e. The molecule has 0 bridgehead atoms. The molecule has 0 N–H and O–H groups in total. The maximum atomic E-state index is 12.8. The first-order chi connectivity index (χ1) is 10.6. The van der Waals surface area contributed by atoms with Crippen LogP contribution < -0.4 is 0 Å². The van der Waals surface area contributed by atoms with Gasteiger partial charge in [-0.25, -0.2) is 9.67 Å². The lowest BCUT2D eigenvalue weighted by molar-refractivity contribution is -0.143. The van der Waals surface area contributed by atoms with Gasteiger partial charge in [0, 0.05) is 17.8 Å². The Morgan fingerprint density at radius 3 is 2.04 bits per heavy atom. The normalized spacial score (nSPS) is 12.6. The molecule has 0 unspecified atom stereocenters. The molecule has 0 aliphatic rings. The standard InChI is InChI=1S/C13H6F6N4/c14-12(15,16)9-4-8(5-10(6-9)13(17,18)19)11-21-7-23(22-11)3-1-2-20/h1,3-7H/b3-1+. The monoisotopic (exact) mass is 332 g/mol. The number of benzene rings is 1. The largest absolute Gasteiger partial charge is 0.416 e. The zero-order chi connectivity index (χ0) is 17.3. The van der Waals surface area contributed by atoms with Crippen LogP contribution in [0.5, 0.6) is 0 Å². The van der Waals surface area contributed by atoms with Crippen molar-refractivity contribution in [3.8, 4) is 17.5 Å². The van der Waals surface area contributed by atoms with Crippen molar-refractivity contribution in [1.29, 1.82) is 5.26 Å². The van der Waals surface area contributed by atoms with Gasteiger partial charge in [-0.3, -0.25) is 0 Å². The third-order valence-electron chi connectivity index (χ3n) is 2.66. The van der Waals surface area contributed by atoms with Crippen LogP contribution in [0.2, 0.25) is 0 Å². The van der Waals surface area contributed by atoms with Crippen molar-refractivity contribution < 1.29 is 26.3 Å². The highest BCUT2D eigenvalue weighted by molar-refractivity contribution is 5.58. The summed E-state index contributed by atoms with van der Waals surface area (Å²) in [6.07, 6.45) is -6.67. The topological polar surface area (TPSA) is 54.5 Å². The Morgan fingerprint density at radius 2 is 1.57 bits per heavy atom. The number of hydrogen-bond acceptors (Lipinski definition) is 3. The minimum absolute atomic E-state index is 0.0239. The van der Waals surface area contributed by atoms with Crippen LogP contribution in [0.3, 0.4) is 0 Å². The van der Waals surface area contributed by atoms with Crippen LogP contribution in [0.4, 0.5) is 26.3 Å². The summed E-state index contributed by atoms with van der Waals surface area (Å²) in [4.78, 5) is 3.64. The Morgan fingerprint density at radius 1 is 1.00 bits per heavy atom. The third-order valence-corrected chi connectivity index (χ3v) is 2.66. The Labute approximate surface area is 125 Å². The predicted octanol–water partition coefficient (Wildman–Crippen LogP) is 3.98. The van der Waals surface area contributed by atoms with E-state index in [1.54, 1.807) is 6.07 Å². The molecule has 0 atom stereocenters. The van der Waals surface area contributed by atoms with Crippen molar-refractivity contribution >= 4 is 6.20 Å². The summed E-state index contributed by atoms with van der Waals surface area (Å²) in [5.74, 6) is -0.329. The molecule has 120 valence electrons. The summed E-state index contributed by atoms with van der Waals surface area (Å²) in [5.41, 5.74) is -3.34. The van der Waals surface area contributed by atoms with Crippen LogP contribution >= 0.6 is 0 Å². The van der Waals surface area contributed by atoms with Gasteiger partial charge in [-0.2, -0.15) is 31.6 Å². The Bertz CT molecular complexity index is 747. The Hall–Kier alpha value is -2.83. The first-order valence-electron chi connectivity index (χ1n) is 5.88. The molecule has 0 saturated carbocycles. The fourth-order valence-corrected chi connectivity index (χ4v) is 1.67. The van der Waals surface area contributed by atoms with Crippen molar-refractivity contribution in [3.63, 3.8) is 0 Å². The average molecular weight is 332 g/mol. The number of rotatable bonds is 2. The van der Waals surface area contributed by atoms with Gasteiger partial charge in [0.15, 0.2) is 5.82 Å². The van der Waals surface area contributed by atoms with Crippen molar-refractivity contribution in [1.82, 2.24) is 14.8 Å². The number of allylic oxidation sites excluding steroid dienone is 1. The lowest BCUT2D eigenvalue weighted by Crippen LogP contribution is -2.11. The van der Waals surface area contributed by atoms with E-state index in [9.17, 15) is 26.3 Å². The molecule has 10 heteroatoms. The summed E-state index contributed by atoms with van der Waals surface area (Å²) in [7, 11) is 0. The molecule has 0 aliphatic heterocycles. The van der Waals surface area contributed by atoms with Crippen LogP contribution in [0, 0.1) is 11.3 Å². The van der Waals surface area contributed by atoms with Crippen molar-refractivity contribution in [3.05, 3.63) is 41.7 Å². The molecule has 1 aromatic carbocycles. The van der Waals surface area contributed by atoms with Gasteiger partial charge in [0.1, 0.15) is 6.33 Å². The van der Waals surface area contributed by atoms with E-state index in [0.717, 1.165) is 23.3 Å². The summed E-state index contributed by atoms with van der Waals surface area (Å²) in [6, 6.07) is 2.74. The number of hydrogen-bond donors (Lipinski definition) is 0. The molecule has 2 aromatic rings. The van der Waals surface area contributed by atoms with E-state index in [-0.39, 0.29) is 11.9 Å². The van der Waals surface area contributed by atoms with Gasteiger partial charge in [0.25, 0.3) is 0 Å². The minimum atomic E-state index is -4.95. The van der Waals surface area contributed by atoms with Crippen molar-refractivity contribution in [2.75, 3.05) is 0 Å². The van der Waals surface area contributed by atoms with E-state index in [4.69, 9.17) is 5.26 Å². The second-order valence-corrected chi connectivity index (χ2v) is 4.29. The molecule has 0 radical (unpaired) electrons. The molecule has 0 saturated heterocycles. The average Bonchev–Trinajstić information content (AvgIpc) is 2.91. The Balaban J connectivity index is 2.56. The highest BCUT2D eigenvalue weighted by Crippen LogP contribution is 2.37. The molecule has 1 heterocycles. The van der Waals surface area contributed by atoms with Crippen molar-refractivity contribution in [2.45, 2.75) is 12.4 Å². The number of halogens is 6. The van der Waals surface area contributed by atoms with Gasteiger partial charge >= 0.3 is 12.4 Å². The number of nitriles is 1. The molecule has 4 nitrogen and oxygen atoms in total. The van der Waals surface area contributed by atoms with Gasteiger partial charge in [-0.1, -0.05) is 0 Å². The molecule has 0 aliphatic carbocycles. The SMILES string of the molecule is N#C/C=C/n1cnc(-c2cc(C(F)(F)F)cc(C(F)(F)F)c2)n1. The smallest absolute Gasteiger partial charge is 0.227 e. The first-order valence-corrected chi connectivity index (χ1v) is 5.88. The fraction of sp³-hybridized carbons (Fsp3) is 0.154. The van der Waals surface area contributed by atoms with E-state index in [1.807, 2.05) is 0 Å². The fourth-order valence-electron chi connectivity index (χ4n) is 1.67. The van der Waals surface area contributed by atoms with Crippen LogP contribution in [0.15, 0.2) is 30.6 Å². The second-order valence-electron chi connectivity index (χ2n) is 4.29. The van der Waals surface area contributed by atoms with Gasteiger partial charge in [-0.15, -0.1) is 5.10 Å². The molecule has 0 amide bonds. The third kappa shape index (κ3) is 3.88. The van der Waals surface area contributed by atoms with E-state index >= 15 is 0 Å². The summed E-state index contributed by atoms with van der Waals surface area (Å²) >= 11 is 0. The zero-order valence-corrected chi connectivity index (χ0v) is 11.0. The molecular weight excluding hydrogens is 326 g/mol. The van der Waals surface area contributed by atoms with Gasteiger partial charge in [0.2, 0.25) is 0 Å². The number of alkyl halides is 6. The summed E-state index contributed by atoms with van der Waals surface area (Å²) < 4.78 is 77.6. The van der Waals surface area contributed by atoms with E-state index in [0.29, 0.717) is 12.1 Å². The predicted molar refractivity (Wildman–Crippen MR) is 66.4 cm³/mol. The zero-order valence-electron chi connectivity index (χ0n) is 11.0. The lowest BCUT2D eigenvalue weighted by atomic mass is 10.0. The number of aromatic nitrogens is 3. The molecule has 23 heavy (non-hydrogen) atoms. The van der Waals surface area contributed by atoms with E-state index in [1.165, 1.54) is 0 Å². The van der Waals surface area contributed by atoms with Gasteiger partial charge in [0.05, 0.1) is 17.2 Å². The van der Waals surface area contributed by atoms with Crippen LogP contribution in [0.1, 0.15) is 11.1 Å². The molecule has 0 fully saturated rings. The first kappa shape index (κ1) is 16.5. The van der Waals surface area contributed by atoms with Crippen LogP contribution in [0.25, 0.3) is 17.6 Å². The quantitative estimate of drug-likeness (QED) is 0.617. The van der Waals surface area contributed by atoms with Crippen LogP contribution in [-0.4, -0.2) is 14.8 Å². The summed E-state index contributed by atoms with van der Waals surface area (Å²) in [6.45, 7) is 0. The lowest BCUT2D eigenvalue weighted by Gasteiger charge is -2.13. The summed E-state index contributed by atoms with van der Waals surface area (Å²) in [5, 5.41) is 12.1. The molecular formula is C13H6F6N4. The van der Waals surface area contributed by atoms with E-state index < -0.39 is 29.0 Å². The minimum Gasteiger partial charge on any atom is -0.227 e. The molecule has 0 spiro atoms. The highest BCUT2D eigenvalue weighted by Gasteiger charge is 2.37. The van der Waals surface area contributed by atoms with Gasteiger partial charge < -0.3 is 0 Å². The molecule has 1 aromatic heterocycles. The Kier molecular flexibility index (Phi) is 4.14. The van der Waals surface area contributed by atoms with E-state index in [2.05, 4.69) is 10.1 Å². The highest BCUT2D eigenvalue weighted by atomic mass is 19.4. The second kappa shape index (κ2) is 5.75.